The molecule has 6 rings (SSSR count). The van der Waals surface area contributed by atoms with Gasteiger partial charge in [0.15, 0.2) is 0 Å². The van der Waals surface area contributed by atoms with Gasteiger partial charge >= 0.3 is 0 Å². The number of fused-ring (bicyclic) bond motifs is 1. The fraction of sp³-hybridized carbons (Fsp3) is 0.268. The van der Waals surface area contributed by atoms with Crippen LogP contribution in [0, 0.1) is 19.9 Å². The van der Waals surface area contributed by atoms with Gasteiger partial charge in [-0.25, -0.2) is 4.98 Å². The van der Waals surface area contributed by atoms with Crippen LogP contribution in [0.2, 0.25) is 0 Å². The number of pyridine rings is 1. The van der Waals surface area contributed by atoms with E-state index in [9.17, 15) is 5.11 Å². The van der Waals surface area contributed by atoms with E-state index in [0.29, 0.717) is 17.8 Å². The summed E-state index contributed by atoms with van der Waals surface area (Å²) in [4.78, 5) is 9.28. The molecule has 1 N–H and O–H groups in total. The van der Waals surface area contributed by atoms with Gasteiger partial charge in [-0.05, 0) is 63.0 Å². The Morgan fingerprint density at radius 1 is 0.696 bits per heavy atom. The first-order chi connectivity index (χ1) is 21.6. The van der Waals surface area contributed by atoms with Crippen molar-refractivity contribution in [1.29, 1.82) is 0 Å². The van der Waals surface area contributed by atoms with Crippen LogP contribution >= 0.6 is 0 Å². The van der Waals surface area contributed by atoms with Crippen molar-refractivity contribution < 1.29 is 25.2 Å². The molecule has 46 heavy (non-hydrogen) atoms. The zero-order valence-corrected chi connectivity index (χ0v) is 30.5. The van der Waals surface area contributed by atoms with Crippen LogP contribution in [0.5, 0.6) is 5.75 Å². The predicted molar refractivity (Wildman–Crippen MR) is 188 cm³/mol. The second kappa shape index (κ2) is 15.0. The van der Waals surface area contributed by atoms with Gasteiger partial charge in [0.1, 0.15) is 11.6 Å². The van der Waals surface area contributed by atoms with Crippen LogP contribution in [0.1, 0.15) is 87.1 Å². The number of hydrogen-bond donors (Lipinski definition) is 1. The predicted octanol–water partition coefficient (Wildman–Crippen LogP) is 10.9. The molecule has 0 bridgehead atoms. The third-order valence-corrected chi connectivity index (χ3v) is 8.22. The second-order valence-corrected chi connectivity index (χ2v) is 12.7. The van der Waals surface area contributed by atoms with Gasteiger partial charge in [0, 0.05) is 38.7 Å². The fourth-order valence-corrected chi connectivity index (χ4v) is 6.05. The van der Waals surface area contributed by atoms with E-state index in [1.165, 1.54) is 38.7 Å². The van der Waals surface area contributed by atoms with Crippen LogP contribution in [0.4, 0.5) is 0 Å². The number of imidazole rings is 1. The normalized spacial score (nSPS) is 11.1. The quantitative estimate of drug-likeness (QED) is 0.171. The maximum atomic E-state index is 10.3. The molecule has 1 radical (unpaired) electrons. The number of benzene rings is 4. The van der Waals surface area contributed by atoms with Gasteiger partial charge in [0.05, 0.1) is 11.3 Å². The minimum atomic E-state index is 0. The SMILES string of the molecule is CC(C)c1cccc(C(C)C)c1-n1ccnc1-c1ccccc1O.Cc1[c-]c(-c2ncc(C(C)C)c3ccccc23)cc(C)c1.[Ir]. The number of hydrogen-bond acceptors (Lipinski definition) is 3. The fourth-order valence-electron chi connectivity index (χ4n) is 6.05. The molecule has 0 amide bonds. The average Bonchev–Trinajstić information content (AvgIpc) is 3.49. The molecule has 0 unspecified atom stereocenters. The number of rotatable bonds is 6. The van der Waals surface area contributed by atoms with E-state index < -0.39 is 0 Å². The van der Waals surface area contributed by atoms with E-state index in [0.717, 1.165) is 28.2 Å². The molecule has 2 heterocycles. The molecule has 6 aromatic rings. The molecule has 0 aliphatic carbocycles. The molecule has 0 atom stereocenters. The van der Waals surface area contributed by atoms with Crippen molar-refractivity contribution >= 4 is 10.8 Å². The van der Waals surface area contributed by atoms with E-state index in [1.54, 1.807) is 12.3 Å². The minimum Gasteiger partial charge on any atom is -0.507 e. The number of para-hydroxylation sites is 2. The van der Waals surface area contributed by atoms with Crippen molar-refractivity contribution in [2.45, 2.75) is 73.1 Å². The summed E-state index contributed by atoms with van der Waals surface area (Å²) in [6, 6.07) is 30.1. The summed E-state index contributed by atoms with van der Waals surface area (Å²) in [5.74, 6) is 2.29. The molecule has 2 aromatic heterocycles. The average molecular weight is 787 g/mol. The Balaban J connectivity index is 0.000000206. The van der Waals surface area contributed by atoms with Crippen molar-refractivity contribution in [2.24, 2.45) is 0 Å². The molecule has 0 fully saturated rings. The Kier molecular flexibility index (Phi) is 11.4. The summed E-state index contributed by atoms with van der Waals surface area (Å²) in [6.45, 7) is 17.5. The van der Waals surface area contributed by atoms with Gasteiger partial charge in [-0.2, -0.15) is 0 Å². The van der Waals surface area contributed by atoms with E-state index in [4.69, 9.17) is 4.98 Å². The van der Waals surface area contributed by atoms with Gasteiger partial charge in [-0.15, -0.1) is 34.9 Å². The summed E-state index contributed by atoms with van der Waals surface area (Å²) in [5.41, 5.74) is 10.3. The third kappa shape index (κ3) is 7.33. The first kappa shape index (κ1) is 34.8. The van der Waals surface area contributed by atoms with Crippen molar-refractivity contribution in [2.75, 3.05) is 0 Å². The van der Waals surface area contributed by atoms with Crippen LogP contribution in [0.3, 0.4) is 0 Å². The second-order valence-electron chi connectivity index (χ2n) is 12.7. The molecule has 5 heteroatoms. The summed E-state index contributed by atoms with van der Waals surface area (Å²) in [7, 11) is 0. The van der Waals surface area contributed by atoms with E-state index in [1.807, 2.05) is 30.6 Å². The van der Waals surface area contributed by atoms with Crippen LogP contribution in [-0.2, 0) is 20.1 Å². The van der Waals surface area contributed by atoms with E-state index >= 15 is 0 Å². The van der Waals surface area contributed by atoms with Gasteiger partial charge in [0.2, 0.25) is 0 Å². The Morgan fingerprint density at radius 3 is 1.91 bits per heavy atom. The molecule has 0 saturated heterocycles. The summed E-state index contributed by atoms with van der Waals surface area (Å²) >= 11 is 0. The molecule has 0 spiro atoms. The van der Waals surface area contributed by atoms with Crippen LogP contribution in [0.15, 0.2) is 97.5 Å². The number of phenols is 1. The van der Waals surface area contributed by atoms with E-state index in [2.05, 4.69) is 126 Å². The summed E-state index contributed by atoms with van der Waals surface area (Å²) in [6.07, 6.45) is 5.80. The van der Waals surface area contributed by atoms with Gasteiger partial charge < -0.3 is 10.1 Å². The number of phenolic OH excluding ortho intramolecular Hbond substituents is 1. The molecule has 239 valence electrons. The first-order valence-electron chi connectivity index (χ1n) is 15.9. The van der Waals surface area contributed by atoms with Gasteiger partial charge in [0.25, 0.3) is 0 Å². The number of aryl methyl sites for hydroxylation is 2. The van der Waals surface area contributed by atoms with Gasteiger partial charge in [-0.1, -0.05) is 110 Å². The summed E-state index contributed by atoms with van der Waals surface area (Å²) in [5, 5.41) is 12.8. The Bertz CT molecular complexity index is 1890. The largest absolute Gasteiger partial charge is 0.507 e. The van der Waals surface area contributed by atoms with Crippen LogP contribution in [-0.4, -0.2) is 19.6 Å². The third-order valence-electron chi connectivity index (χ3n) is 8.22. The maximum Gasteiger partial charge on any atom is 0.148 e. The number of nitrogens with zero attached hydrogens (tertiary/aromatic N) is 3. The molecule has 0 aliphatic heterocycles. The Morgan fingerprint density at radius 2 is 1.30 bits per heavy atom. The van der Waals surface area contributed by atoms with Crippen LogP contribution < -0.4 is 0 Å². The molecule has 0 saturated carbocycles. The molecule has 4 aromatic carbocycles. The van der Waals surface area contributed by atoms with Crippen molar-refractivity contribution in [3.05, 3.63) is 131 Å². The molecular formula is C41H44IrN3O-. The smallest absolute Gasteiger partial charge is 0.148 e. The van der Waals surface area contributed by atoms with Crippen LogP contribution in [0.25, 0.3) is 39.1 Å². The Hall–Kier alpha value is -4.05. The van der Waals surface area contributed by atoms with Gasteiger partial charge in [-0.3, -0.25) is 4.57 Å². The number of aromatic nitrogens is 3. The Labute approximate surface area is 287 Å². The zero-order valence-electron chi connectivity index (χ0n) is 28.1. The molecular weight excluding hydrogens is 743 g/mol. The van der Waals surface area contributed by atoms with Crippen molar-refractivity contribution in [3.8, 4) is 34.1 Å². The topological polar surface area (TPSA) is 50.9 Å². The number of aromatic hydroxyl groups is 1. The maximum absolute atomic E-state index is 10.3. The van der Waals surface area contributed by atoms with Crippen molar-refractivity contribution in [1.82, 2.24) is 14.5 Å². The monoisotopic (exact) mass is 787 g/mol. The van der Waals surface area contributed by atoms with Crippen molar-refractivity contribution in [3.63, 3.8) is 0 Å². The van der Waals surface area contributed by atoms with E-state index in [-0.39, 0.29) is 25.9 Å². The molecule has 0 aliphatic rings. The molecule has 4 nitrogen and oxygen atoms in total. The minimum absolute atomic E-state index is 0. The standard InChI is InChI=1S/C21H24N2O.C20H20N.Ir/c1-14(2)16-9-7-10-17(15(3)4)20(16)23-13-12-22-21(23)18-8-5-6-11-19(18)24;1-13(2)19-12-21-20(18-8-6-5-7-17(18)19)16-10-14(3)9-15(4)11-16;/h5-15,24H,1-4H3;5-10,12-13H,1-4H3;/q;-1;. The zero-order chi connectivity index (χ0) is 32.2. The first-order valence-corrected chi connectivity index (χ1v) is 15.9. The summed E-state index contributed by atoms with van der Waals surface area (Å²) < 4.78 is 2.11.